The highest BCUT2D eigenvalue weighted by Gasteiger charge is 2.37. The molecule has 3 nitrogen and oxygen atoms in total. The van der Waals surface area contributed by atoms with Gasteiger partial charge in [0.05, 0.1) is 0 Å². The van der Waals surface area contributed by atoms with Crippen LogP contribution in [0.1, 0.15) is 78.6 Å². The second-order valence-electron chi connectivity index (χ2n) is 9.11. The van der Waals surface area contributed by atoms with Gasteiger partial charge in [-0.1, -0.05) is 33.6 Å². The lowest BCUT2D eigenvalue weighted by molar-refractivity contribution is -0.124. The van der Waals surface area contributed by atoms with Gasteiger partial charge in [0, 0.05) is 24.5 Å². The average Bonchev–Trinajstić information content (AvgIpc) is 2.77. The van der Waals surface area contributed by atoms with Gasteiger partial charge in [-0.2, -0.15) is 0 Å². The highest BCUT2D eigenvalue weighted by molar-refractivity contribution is 5.76. The Morgan fingerprint density at radius 3 is 2.32 bits per heavy atom. The number of carbonyl (C=O) groups excluding carboxylic acids is 1. The molecule has 0 aromatic carbocycles. The molecule has 2 saturated heterocycles. The van der Waals surface area contributed by atoms with Crippen LogP contribution in [0.5, 0.6) is 0 Å². The van der Waals surface area contributed by atoms with Crippen LogP contribution in [0.25, 0.3) is 0 Å². The van der Waals surface area contributed by atoms with Crippen molar-refractivity contribution in [3.05, 3.63) is 0 Å². The predicted octanol–water partition coefficient (Wildman–Crippen LogP) is 3.63. The predicted molar refractivity (Wildman–Crippen MR) is 90.6 cm³/mol. The topological polar surface area (TPSA) is 41.1 Å². The Morgan fingerprint density at radius 2 is 1.68 bits per heavy atom. The Hall–Kier alpha value is -0.570. The van der Waals surface area contributed by atoms with E-state index >= 15 is 0 Å². The molecular formula is C19H34N2O. The fourth-order valence-corrected chi connectivity index (χ4v) is 5.21. The molecule has 126 valence electrons. The summed E-state index contributed by atoms with van der Waals surface area (Å²) < 4.78 is 0. The van der Waals surface area contributed by atoms with Gasteiger partial charge in [-0.3, -0.25) is 4.79 Å². The monoisotopic (exact) mass is 306 g/mol. The summed E-state index contributed by atoms with van der Waals surface area (Å²) in [6.45, 7) is 6.98. The van der Waals surface area contributed by atoms with E-state index in [1.165, 1.54) is 51.4 Å². The molecule has 4 unspecified atom stereocenters. The third-order valence-electron chi connectivity index (χ3n) is 6.27. The second kappa shape index (κ2) is 6.51. The van der Waals surface area contributed by atoms with E-state index in [1.54, 1.807) is 0 Å². The van der Waals surface area contributed by atoms with E-state index in [0.717, 1.165) is 6.42 Å². The Labute approximate surface area is 136 Å². The molecule has 22 heavy (non-hydrogen) atoms. The molecule has 2 aliphatic heterocycles. The highest BCUT2D eigenvalue weighted by Crippen LogP contribution is 2.38. The molecule has 0 aromatic rings. The largest absolute Gasteiger partial charge is 0.353 e. The summed E-state index contributed by atoms with van der Waals surface area (Å²) >= 11 is 0. The maximum absolute atomic E-state index is 12.6. The lowest BCUT2D eigenvalue weighted by Crippen LogP contribution is -2.47. The quantitative estimate of drug-likeness (QED) is 0.836. The van der Waals surface area contributed by atoms with Crippen molar-refractivity contribution in [1.82, 2.24) is 10.6 Å². The molecule has 0 aromatic heterocycles. The fraction of sp³-hybridized carbons (Fsp3) is 0.947. The number of amides is 1. The Morgan fingerprint density at radius 1 is 1.05 bits per heavy atom. The van der Waals surface area contributed by atoms with Gasteiger partial charge in [-0.25, -0.2) is 0 Å². The molecule has 2 heterocycles. The first-order valence-electron chi connectivity index (χ1n) is 9.47. The molecule has 2 N–H and O–H groups in total. The third kappa shape index (κ3) is 3.84. The van der Waals surface area contributed by atoms with Crippen LogP contribution in [0.2, 0.25) is 0 Å². The summed E-state index contributed by atoms with van der Waals surface area (Å²) in [5, 5.41) is 7.08. The number of fused-ring (bicyclic) bond motifs is 2. The zero-order valence-electron chi connectivity index (χ0n) is 14.7. The molecule has 1 saturated carbocycles. The van der Waals surface area contributed by atoms with E-state index in [-0.39, 0.29) is 0 Å². The standard InChI is InChI=1S/C19H34N2O/c1-19(2,3)16-6-4-5-7-17(16)21-18(22)12-13-10-14-8-9-15(11-13)20-14/h13-17,20H,4-12H2,1-3H3,(H,21,22). The summed E-state index contributed by atoms with van der Waals surface area (Å²) in [6.07, 6.45) is 10.8. The molecule has 0 spiro atoms. The van der Waals surface area contributed by atoms with Crippen LogP contribution in [-0.4, -0.2) is 24.0 Å². The lowest BCUT2D eigenvalue weighted by Gasteiger charge is -2.41. The first-order valence-corrected chi connectivity index (χ1v) is 9.47. The van der Waals surface area contributed by atoms with Crippen molar-refractivity contribution in [3.8, 4) is 0 Å². The highest BCUT2D eigenvalue weighted by atomic mass is 16.1. The van der Waals surface area contributed by atoms with Crippen molar-refractivity contribution in [2.75, 3.05) is 0 Å². The number of hydrogen-bond acceptors (Lipinski definition) is 2. The zero-order chi connectivity index (χ0) is 15.7. The second-order valence-corrected chi connectivity index (χ2v) is 9.11. The number of hydrogen-bond donors (Lipinski definition) is 2. The minimum atomic E-state index is 0.298. The number of nitrogens with one attached hydrogen (secondary N) is 2. The van der Waals surface area contributed by atoms with Gasteiger partial charge in [0.25, 0.3) is 0 Å². The maximum atomic E-state index is 12.6. The summed E-state index contributed by atoms with van der Waals surface area (Å²) in [6, 6.07) is 1.78. The van der Waals surface area contributed by atoms with Gasteiger partial charge in [-0.15, -0.1) is 0 Å². The molecule has 1 aliphatic carbocycles. The van der Waals surface area contributed by atoms with Crippen LogP contribution in [0.4, 0.5) is 0 Å². The smallest absolute Gasteiger partial charge is 0.220 e. The molecular weight excluding hydrogens is 272 g/mol. The van der Waals surface area contributed by atoms with Gasteiger partial charge in [-0.05, 0) is 55.8 Å². The normalized spacial score (nSPS) is 38.8. The van der Waals surface area contributed by atoms with Crippen LogP contribution in [-0.2, 0) is 4.79 Å². The first kappa shape index (κ1) is 16.3. The first-order chi connectivity index (χ1) is 10.4. The number of piperidine rings is 1. The summed E-state index contributed by atoms with van der Waals surface area (Å²) in [5.41, 5.74) is 0.298. The molecule has 2 bridgehead atoms. The molecule has 3 heteroatoms. The van der Waals surface area contributed by atoms with Crippen molar-refractivity contribution in [1.29, 1.82) is 0 Å². The van der Waals surface area contributed by atoms with E-state index < -0.39 is 0 Å². The van der Waals surface area contributed by atoms with Crippen molar-refractivity contribution >= 4 is 5.91 Å². The molecule has 3 fully saturated rings. The number of rotatable bonds is 3. The van der Waals surface area contributed by atoms with Gasteiger partial charge >= 0.3 is 0 Å². The minimum Gasteiger partial charge on any atom is -0.353 e. The fourth-order valence-electron chi connectivity index (χ4n) is 5.21. The van der Waals surface area contributed by atoms with Crippen LogP contribution in [0, 0.1) is 17.3 Å². The van der Waals surface area contributed by atoms with Crippen molar-refractivity contribution in [2.24, 2.45) is 17.3 Å². The van der Waals surface area contributed by atoms with Gasteiger partial charge < -0.3 is 10.6 Å². The maximum Gasteiger partial charge on any atom is 0.220 e. The van der Waals surface area contributed by atoms with E-state index in [2.05, 4.69) is 31.4 Å². The van der Waals surface area contributed by atoms with E-state index in [4.69, 9.17) is 0 Å². The summed E-state index contributed by atoms with van der Waals surface area (Å²) in [7, 11) is 0. The van der Waals surface area contributed by atoms with Gasteiger partial charge in [0.2, 0.25) is 5.91 Å². The van der Waals surface area contributed by atoms with Gasteiger partial charge in [0.1, 0.15) is 0 Å². The van der Waals surface area contributed by atoms with Gasteiger partial charge in [0.15, 0.2) is 0 Å². The molecule has 4 atom stereocenters. The van der Waals surface area contributed by atoms with Crippen LogP contribution in [0.15, 0.2) is 0 Å². The summed E-state index contributed by atoms with van der Waals surface area (Å²) in [5.74, 6) is 1.55. The van der Waals surface area contributed by atoms with Crippen LogP contribution in [0.3, 0.4) is 0 Å². The van der Waals surface area contributed by atoms with Crippen LogP contribution < -0.4 is 10.6 Å². The minimum absolute atomic E-state index is 0.298. The van der Waals surface area contributed by atoms with E-state index in [9.17, 15) is 4.79 Å². The molecule has 1 amide bonds. The average molecular weight is 306 g/mol. The number of carbonyl (C=O) groups is 1. The Kier molecular flexibility index (Phi) is 4.82. The Bertz CT molecular complexity index is 389. The van der Waals surface area contributed by atoms with Crippen molar-refractivity contribution in [3.63, 3.8) is 0 Å². The van der Waals surface area contributed by atoms with Crippen LogP contribution >= 0.6 is 0 Å². The van der Waals surface area contributed by atoms with Crippen molar-refractivity contribution < 1.29 is 4.79 Å². The molecule has 0 radical (unpaired) electrons. The third-order valence-corrected chi connectivity index (χ3v) is 6.27. The zero-order valence-corrected chi connectivity index (χ0v) is 14.7. The SMILES string of the molecule is CC(C)(C)C1CCCCC1NC(=O)CC1CC2CCC(C1)N2. The van der Waals surface area contributed by atoms with E-state index in [1.807, 2.05) is 0 Å². The Balaban J connectivity index is 1.52. The van der Waals surface area contributed by atoms with Crippen molar-refractivity contribution in [2.45, 2.75) is 96.7 Å². The molecule has 3 aliphatic rings. The lowest BCUT2D eigenvalue weighted by atomic mass is 9.69. The molecule has 3 rings (SSSR count). The summed E-state index contributed by atoms with van der Waals surface area (Å²) in [4.78, 5) is 12.6. The van der Waals surface area contributed by atoms with E-state index in [0.29, 0.717) is 41.3 Å².